The van der Waals surface area contributed by atoms with Gasteiger partial charge in [-0.25, -0.2) is 0 Å². The van der Waals surface area contributed by atoms with Crippen LogP contribution < -0.4 is 0 Å². The van der Waals surface area contributed by atoms with Crippen LogP contribution in [0, 0.1) is 17.2 Å². The van der Waals surface area contributed by atoms with Gasteiger partial charge in [-0.2, -0.15) is 0 Å². The van der Waals surface area contributed by atoms with Gasteiger partial charge in [-0.3, -0.25) is 5.41 Å². The largest absolute Gasteiger partial charge is 0.367 e. The topological polar surface area (TPSA) is 47.4 Å². The fourth-order valence-electron chi connectivity index (χ4n) is 3.83. The van der Waals surface area contributed by atoms with Gasteiger partial charge in [-0.15, -0.1) is 0 Å². The van der Waals surface area contributed by atoms with E-state index in [9.17, 15) is 4.79 Å². The molecule has 4 heteroatoms. The minimum Gasteiger partial charge on any atom is -0.367 e. The molecule has 2 rings (SSSR count). The Morgan fingerprint density at radius 1 is 1.36 bits per heavy atom. The molecular formula is C21H33N3O. The Morgan fingerprint density at radius 2 is 2.12 bits per heavy atom. The van der Waals surface area contributed by atoms with Gasteiger partial charge in [0.15, 0.2) is 0 Å². The molecule has 0 amide bonds. The molecule has 138 valence electrons. The molecule has 1 fully saturated rings. The summed E-state index contributed by atoms with van der Waals surface area (Å²) in [6, 6.07) is 10.7. The Bertz CT molecular complexity index is 529. The molecule has 0 radical (unpaired) electrons. The van der Waals surface area contributed by atoms with Crippen LogP contribution in [0.15, 0.2) is 30.3 Å². The predicted molar refractivity (Wildman–Crippen MR) is 104 cm³/mol. The number of carbonyl (C=O) groups is 1. The normalized spacial score (nSPS) is 19.4. The van der Waals surface area contributed by atoms with Crippen LogP contribution in [0.25, 0.3) is 0 Å². The van der Waals surface area contributed by atoms with Crippen molar-refractivity contribution in [3.8, 4) is 0 Å². The molecular weight excluding hydrogens is 310 g/mol. The van der Waals surface area contributed by atoms with Gasteiger partial charge in [0.25, 0.3) is 0 Å². The highest BCUT2D eigenvalue weighted by Crippen LogP contribution is 2.29. The first-order chi connectivity index (χ1) is 12.1. The van der Waals surface area contributed by atoms with Crippen LogP contribution >= 0.6 is 0 Å². The van der Waals surface area contributed by atoms with Crippen LogP contribution in [0.4, 0.5) is 0 Å². The van der Waals surface area contributed by atoms with Crippen molar-refractivity contribution in [1.29, 1.82) is 5.41 Å². The second-order valence-electron chi connectivity index (χ2n) is 7.50. The first-order valence-electron chi connectivity index (χ1n) is 9.54. The van der Waals surface area contributed by atoms with Crippen LogP contribution in [0.3, 0.4) is 0 Å². The number of amidine groups is 1. The molecule has 0 spiro atoms. The van der Waals surface area contributed by atoms with E-state index < -0.39 is 0 Å². The molecule has 2 atom stereocenters. The molecule has 25 heavy (non-hydrogen) atoms. The SMILES string of the molecule is CN(C)C(=N)CC(CC=O)C1CCCN(CCCc2ccccc2)C1. The monoisotopic (exact) mass is 343 g/mol. The molecule has 0 aliphatic carbocycles. The second kappa shape index (κ2) is 10.3. The van der Waals surface area contributed by atoms with Gasteiger partial charge in [0, 0.05) is 33.5 Å². The highest BCUT2D eigenvalue weighted by atomic mass is 16.1. The van der Waals surface area contributed by atoms with E-state index in [0.717, 1.165) is 25.8 Å². The van der Waals surface area contributed by atoms with Crippen LogP contribution in [0.1, 0.15) is 37.7 Å². The number of aryl methyl sites for hydroxylation is 1. The van der Waals surface area contributed by atoms with Crippen molar-refractivity contribution in [1.82, 2.24) is 9.80 Å². The first-order valence-corrected chi connectivity index (χ1v) is 9.54. The third kappa shape index (κ3) is 6.62. The first kappa shape index (κ1) is 19.6. The van der Waals surface area contributed by atoms with Gasteiger partial charge >= 0.3 is 0 Å². The van der Waals surface area contributed by atoms with E-state index in [1.165, 1.54) is 31.4 Å². The molecule has 0 bridgehead atoms. The lowest BCUT2D eigenvalue weighted by Crippen LogP contribution is -2.40. The number of hydrogen-bond acceptors (Lipinski definition) is 3. The lowest BCUT2D eigenvalue weighted by atomic mass is 9.81. The third-order valence-electron chi connectivity index (χ3n) is 5.39. The van der Waals surface area contributed by atoms with E-state index in [4.69, 9.17) is 5.41 Å². The predicted octanol–water partition coefficient (Wildman–Crippen LogP) is 3.47. The molecule has 0 saturated carbocycles. The summed E-state index contributed by atoms with van der Waals surface area (Å²) in [5.74, 6) is 1.48. The Balaban J connectivity index is 1.82. The van der Waals surface area contributed by atoms with E-state index in [0.29, 0.717) is 30.5 Å². The fourth-order valence-corrected chi connectivity index (χ4v) is 3.83. The van der Waals surface area contributed by atoms with E-state index >= 15 is 0 Å². The minimum absolute atomic E-state index is 0.310. The summed E-state index contributed by atoms with van der Waals surface area (Å²) < 4.78 is 0. The number of aldehydes is 1. The Kier molecular flexibility index (Phi) is 8.13. The lowest BCUT2D eigenvalue weighted by Gasteiger charge is -2.37. The fraction of sp³-hybridized carbons (Fsp3) is 0.619. The van der Waals surface area contributed by atoms with Gasteiger partial charge < -0.3 is 14.6 Å². The summed E-state index contributed by atoms with van der Waals surface area (Å²) in [6.45, 7) is 3.38. The van der Waals surface area contributed by atoms with Crippen LogP contribution in [0.5, 0.6) is 0 Å². The van der Waals surface area contributed by atoms with Crippen LogP contribution in [-0.2, 0) is 11.2 Å². The number of nitrogens with one attached hydrogen (secondary N) is 1. The molecule has 1 N–H and O–H groups in total. The van der Waals surface area contributed by atoms with Crippen molar-refractivity contribution in [2.24, 2.45) is 11.8 Å². The number of carbonyl (C=O) groups excluding carboxylic acids is 1. The van der Waals surface area contributed by atoms with Gasteiger partial charge in [-0.1, -0.05) is 30.3 Å². The van der Waals surface area contributed by atoms with Crippen molar-refractivity contribution >= 4 is 12.1 Å². The summed E-state index contributed by atoms with van der Waals surface area (Å²) in [5, 5.41) is 8.12. The standard InChI is InChI=1S/C21H33N3O/c1-23(2)21(22)16-19(12-15-25)20-11-7-14-24(17-20)13-6-10-18-8-4-3-5-9-18/h3-5,8-9,15,19-20,22H,6-7,10-14,16-17H2,1-2H3. The maximum Gasteiger partial charge on any atom is 0.120 e. The quantitative estimate of drug-likeness (QED) is 0.424. The Morgan fingerprint density at radius 3 is 2.80 bits per heavy atom. The van der Waals surface area contributed by atoms with Crippen LogP contribution in [-0.4, -0.2) is 55.7 Å². The average molecular weight is 344 g/mol. The minimum atomic E-state index is 0.310. The molecule has 1 aromatic carbocycles. The molecule has 1 saturated heterocycles. The summed E-state index contributed by atoms with van der Waals surface area (Å²) in [7, 11) is 3.83. The van der Waals surface area contributed by atoms with Crippen molar-refractivity contribution < 1.29 is 4.79 Å². The lowest BCUT2D eigenvalue weighted by molar-refractivity contribution is -0.109. The summed E-state index contributed by atoms with van der Waals surface area (Å²) in [5.41, 5.74) is 1.41. The Labute approximate surface area is 152 Å². The van der Waals surface area contributed by atoms with E-state index in [1.807, 2.05) is 19.0 Å². The van der Waals surface area contributed by atoms with Gasteiger partial charge in [-0.05, 0) is 56.2 Å². The zero-order chi connectivity index (χ0) is 18.1. The molecule has 1 aromatic rings. The van der Waals surface area contributed by atoms with Gasteiger partial charge in [0.1, 0.15) is 6.29 Å². The van der Waals surface area contributed by atoms with Crippen molar-refractivity contribution in [3.63, 3.8) is 0 Å². The third-order valence-corrected chi connectivity index (χ3v) is 5.39. The maximum absolute atomic E-state index is 11.1. The number of nitrogens with zero attached hydrogens (tertiary/aromatic N) is 2. The van der Waals surface area contributed by atoms with E-state index in [1.54, 1.807) is 0 Å². The van der Waals surface area contributed by atoms with Crippen molar-refractivity contribution in [2.75, 3.05) is 33.7 Å². The van der Waals surface area contributed by atoms with E-state index in [2.05, 4.69) is 35.2 Å². The average Bonchev–Trinajstić information content (AvgIpc) is 2.62. The molecule has 0 aromatic heterocycles. The molecule has 1 aliphatic rings. The van der Waals surface area contributed by atoms with Crippen molar-refractivity contribution in [3.05, 3.63) is 35.9 Å². The number of piperidine rings is 1. The second-order valence-corrected chi connectivity index (χ2v) is 7.50. The van der Waals surface area contributed by atoms with Crippen LogP contribution in [0.2, 0.25) is 0 Å². The zero-order valence-corrected chi connectivity index (χ0v) is 15.8. The Hall–Kier alpha value is -1.68. The van der Waals surface area contributed by atoms with Crippen molar-refractivity contribution in [2.45, 2.75) is 38.5 Å². The molecule has 1 aliphatic heterocycles. The number of likely N-dealkylation sites (tertiary alicyclic amines) is 1. The number of rotatable bonds is 9. The summed E-state index contributed by atoms with van der Waals surface area (Å²) in [6.07, 6.45) is 7.05. The number of benzene rings is 1. The van der Waals surface area contributed by atoms with E-state index in [-0.39, 0.29) is 0 Å². The number of hydrogen-bond donors (Lipinski definition) is 1. The molecule has 1 heterocycles. The molecule has 4 nitrogen and oxygen atoms in total. The smallest absolute Gasteiger partial charge is 0.120 e. The zero-order valence-electron chi connectivity index (χ0n) is 15.8. The molecule has 2 unspecified atom stereocenters. The van der Waals surface area contributed by atoms with Gasteiger partial charge in [0.2, 0.25) is 0 Å². The summed E-state index contributed by atoms with van der Waals surface area (Å²) >= 11 is 0. The van der Waals surface area contributed by atoms with Gasteiger partial charge in [0.05, 0.1) is 5.84 Å². The summed E-state index contributed by atoms with van der Waals surface area (Å²) in [4.78, 5) is 15.5. The highest BCUT2D eigenvalue weighted by molar-refractivity contribution is 5.79. The highest BCUT2D eigenvalue weighted by Gasteiger charge is 2.28. The maximum atomic E-state index is 11.1.